The van der Waals surface area contributed by atoms with Gasteiger partial charge in [-0.1, -0.05) is 30.3 Å². The van der Waals surface area contributed by atoms with E-state index in [-0.39, 0.29) is 19.3 Å². The molecule has 1 aromatic heterocycles. The van der Waals surface area contributed by atoms with Crippen LogP contribution in [0.5, 0.6) is 11.5 Å². The lowest BCUT2D eigenvalue weighted by Crippen LogP contribution is -2.31. The van der Waals surface area contributed by atoms with E-state index < -0.39 is 11.9 Å². The molecule has 0 bridgehead atoms. The number of nitrogens with one attached hydrogen (secondary N) is 1. The summed E-state index contributed by atoms with van der Waals surface area (Å²) in [5.74, 6) is 0.743. The SMILES string of the molecule is C[C@@H](NC(=O)COC(=O)COc1ccc(OCc2ccccc2)cc1)c1ccco1. The van der Waals surface area contributed by atoms with Crippen LogP contribution in [-0.2, 0) is 20.9 Å². The van der Waals surface area contributed by atoms with Crippen molar-refractivity contribution in [1.82, 2.24) is 5.32 Å². The summed E-state index contributed by atoms with van der Waals surface area (Å²) in [5, 5.41) is 2.68. The van der Waals surface area contributed by atoms with Crippen LogP contribution >= 0.6 is 0 Å². The van der Waals surface area contributed by atoms with Crippen LogP contribution in [0.2, 0.25) is 0 Å². The van der Waals surface area contributed by atoms with Gasteiger partial charge in [0.15, 0.2) is 13.2 Å². The van der Waals surface area contributed by atoms with Crippen LogP contribution in [0.3, 0.4) is 0 Å². The predicted molar refractivity (Wildman–Crippen MR) is 109 cm³/mol. The fourth-order valence-corrected chi connectivity index (χ4v) is 2.59. The van der Waals surface area contributed by atoms with E-state index in [0.29, 0.717) is 23.9 Å². The van der Waals surface area contributed by atoms with Crippen molar-refractivity contribution in [2.75, 3.05) is 13.2 Å². The largest absolute Gasteiger partial charge is 0.489 e. The van der Waals surface area contributed by atoms with Crippen molar-refractivity contribution in [2.45, 2.75) is 19.6 Å². The molecule has 3 rings (SSSR count). The average molecular weight is 409 g/mol. The maximum Gasteiger partial charge on any atom is 0.344 e. The fourth-order valence-electron chi connectivity index (χ4n) is 2.59. The van der Waals surface area contributed by atoms with Crippen LogP contribution in [0, 0.1) is 0 Å². The van der Waals surface area contributed by atoms with Crippen LogP contribution in [0.25, 0.3) is 0 Å². The molecule has 0 saturated carbocycles. The summed E-state index contributed by atoms with van der Waals surface area (Å²) in [6.45, 7) is 1.55. The molecule has 1 atom stereocenters. The minimum absolute atomic E-state index is 0.300. The lowest BCUT2D eigenvalue weighted by atomic mass is 10.2. The van der Waals surface area contributed by atoms with Gasteiger partial charge in [0.05, 0.1) is 12.3 Å². The highest BCUT2D eigenvalue weighted by Gasteiger charge is 2.14. The van der Waals surface area contributed by atoms with Crippen molar-refractivity contribution < 1.29 is 28.2 Å². The van der Waals surface area contributed by atoms with Crippen LogP contribution in [0.1, 0.15) is 24.3 Å². The molecule has 0 aliphatic heterocycles. The Balaban J connectivity index is 1.34. The monoisotopic (exact) mass is 409 g/mol. The Morgan fingerprint density at radius 1 is 0.900 bits per heavy atom. The Kier molecular flexibility index (Phi) is 7.49. The van der Waals surface area contributed by atoms with E-state index in [2.05, 4.69) is 5.32 Å². The van der Waals surface area contributed by atoms with Crippen molar-refractivity contribution in [3.63, 3.8) is 0 Å². The first-order valence-electron chi connectivity index (χ1n) is 9.48. The van der Waals surface area contributed by atoms with Crippen molar-refractivity contribution in [3.05, 3.63) is 84.3 Å². The normalized spacial score (nSPS) is 11.4. The van der Waals surface area contributed by atoms with Gasteiger partial charge in [-0.2, -0.15) is 0 Å². The van der Waals surface area contributed by atoms with Gasteiger partial charge < -0.3 is 23.9 Å². The Bertz CT molecular complexity index is 922. The Hall–Kier alpha value is -3.74. The summed E-state index contributed by atoms with van der Waals surface area (Å²) >= 11 is 0. The second kappa shape index (κ2) is 10.7. The molecule has 7 nitrogen and oxygen atoms in total. The first-order valence-corrected chi connectivity index (χ1v) is 9.48. The number of rotatable bonds is 10. The summed E-state index contributed by atoms with van der Waals surface area (Å²) in [6, 6.07) is 19.9. The maximum absolute atomic E-state index is 11.8. The number of hydrogen-bond acceptors (Lipinski definition) is 6. The van der Waals surface area contributed by atoms with Crippen LogP contribution in [0.4, 0.5) is 0 Å². The Labute approximate surface area is 174 Å². The van der Waals surface area contributed by atoms with E-state index in [9.17, 15) is 9.59 Å². The minimum atomic E-state index is -0.639. The number of esters is 1. The van der Waals surface area contributed by atoms with Gasteiger partial charge in [0, 0.05) is 0 Å². The Morgan fingerprint density at radius 3 is 2.27 bits per heavy atom. The highest BCUT2D eigenvalue weighted by atomic mass is 16.6. The molecular weight excluding hydrogens is 386 g/mol. The van der Waals surface area contributed by atoms with E-state index in [0.717, 1.165) is 5.56 Å². The van der Waals surface area contributed by atoms with Crippen molar-refractivity contribution in [1.29, 1.82) is 0 Å². The summed E-state index contributed by atoms with van der Waals surface area (Å²) in [6.07, 6.45) is 1.53. The molecular formula is C23H23NO6. The molecule has 0 spiro atoms. The number of benzene rings is 2. The zero-order chi connectivity index (χ0) is 21.2. The van der Waals surface area contributed by atoms with Gasteiger partial charge in [-0.15, -0.1) is 0 Å². The molecule has 3 aromatic rings. The average Bonchev–Trinajstić information content (AvgIpc) is 3.31. The van der Waals surface area contributed by atoms with E-state index in [1.165, 1.54) is 6.26 Å². The molecule has 156 valence electrons. The number of carbonyl (C=O) groups excluding carboxylic acids is 2. The zero-order valence-electron chi connectivity index (χ0n) is 16.6. The van der Waals surface area contributed by atoms with Gasteiger partial charge >= 0.3 is 5.97 Å². The topological polar surface area (TPSA) is 87.0 Å². The van der Waals surface area contributed by atoms with Crippen molar-refractivity contribution in [2.24, 2.45) is 0 Å². The number of hydrogen-bond donors (Lipinski definition) is 1. The third-order valence-corrected chi connectivity index (χ3v) is 4.14. The lowest BCUT2D eigenvalue weighted by Gasteiger charge is -2.12. The molecule has 0 aliphatic rings. The smallest absolute Gasteiger partial charge is 0.344 e. The first kappa shape index (κ1) is 21.0. The standard InChI is InChI=1S/C23H23NO6/c1-17(21-8-5-13-27-21)24-22(25)15-30-23(26)16-29-20-11-9-19(10-12-20)28-14-18-6-3-2-4-7-18/h2-13,17H,14-16H2,1H3,(H,24,25)/t17-/m1/s1. The highest BCUT2D eigenvalue weighted by molar-refractivity contribution is 5.81. The van der Waals surface area contributed by atoms with Gasteiger partial charge in [-0.05, 0) is 48.9 Å². The number of amides is 1. The highest BCUT2D eigenvalue weighted by Crippen LogP contribution is 2.18. The molecule has 0 aliphatic carbocycles. The molecule has 30 heavy (non-hydrogen) atoms. The molecule has 0 unspecified atom stereocenters. The molecule has 2 aromatic carbocycles. The second-order valence-electron chi connectivity index (χ2n) is 6.50. The lowest BCUT2D eigenvalue weighted by molar-refractivity contribution is -0.150. The fraction of sp³-hybridized carbons (Fsp3) is 0.217. The Morgan fingerprint density at radius 2 is 1.60 bits per heavy atom. The molecule has 1 heterocycles. The molecule has 0 saturated heterocycles. The summed E-state index contributed by atoms with van der Waals surface area (Å²) in [7, 11) is 0. The molecule has 1 N–H and O–H groups in total. The summed E-state index contributed by atoms with van der Waals surface area (Å²) < 4.78 is 21.2. The van der Waals surface area contributed by atoms with E-state index in [1.54, 1.807) is 43.3 Å². The molecule has 0 radical (unpaired) electrons. The quantitative estimate of drug-likeness (QED) is 0.514. The van der Waals surface area contributed by atoms with Crippen LogP contribution in [0.15, 0.2) is 77.4 Å². The molecule has 0 fully saturated rings. The van der Waals surface area contributed by atoms with E-state index in [4.69, 9.17) is 18.6 Å². The van der Waals surface area contributed by atoms with E-state index in [1.807, 2.05) is 30.3 Å². The molecule has 7 heteroatoms. The van der Waals surface area contributed by atoms with Gasteiger partial charge in [-0.25, -0.2) is 4.79 Å². The second-order valence-corrected chi connectivity index (χ2v) is 6.50. The van der Waals surface area contributed by atoms with Crippen LogP contribution in [-0.4, -0.2) is 25.1 Å². The third-order valence-electron chi connectivity index (χ3n) is 4.14. The third kappa shape index (κ3) is 6.70. The minimum Gasteiger partial charge on any atom is -0.489 e. The van der Waals surface area contributed by atoms with Crippen molar-refractivity contribution in [3.8, 4) is 11.5 Å². The number of ether oxygens (including phenoxy) is 3. The predicted octanol–water partition coefficient (Wildman–Crippen LogP) is 3.66. The number of carbonyl (C=O) groups is 2. The van der Waals surface area contributed by atoms with Gasteiger partial charge in [0.25, 0.3) is 5.91 Å². The summed E-state index contributed by atoms with van der Waals surface area (Å²) in [5.41, 5.74) is 1.07. The van der Waals surface area contributed by atoms with Gasteiger partial charge in [-0.3, -0.25) is 4.79 Å². The summed E-state index contributed by atoms with van der Waals surface area (Å²) in [4.78, 5) is 23.6. The molecule has 1 amide bonds. The van der Waals surface area contributed by atoms with Crippen LogP contribution < -0.4 is 14.8 Å². The van der Waals surface area contributed by atoms with Crippen molar-refractivity contribution >= 4 is 11.9 Å². The van der Waals surface area contributed by atoms with E-state index >= 15 is 0 Å². The maximum atomic E-state index is 11.8. The van der Waals surface area contributed by atoms with Gasteiger partial charge in [0.1, 0.15) is 23.9 Å². The first-order chi connectivity index (χ1) is 14.6. The zero-order valence-corrected chi connectivity index (χ0v) is 16.6. The number of furan rings is 1. The van der Waals surface area contributed by atoms with Gasteiger partial charge in [0.2, 0.25) is 0 Å².